The number of nitrogens with one attached hydrogen (secondary N) is 1. The summed E-state index contributed by atoms with van der Waals surface area (Å²) in [5.74, 6) is 0. The molecular formula is C16H33NO3. The van der Waals surface area contributed by atoms with E-state index in [1.165, 1.54) is 38.5 Å². The van der Waals surface area contributed by atoms with Gasteiger partial charge in [-0.2, -0.15) is 0 Å². The van der Waals surface area contributed by atoms with Gasteiger partial charge in [-0.3, -0.25) is 0 Å². The molecule has 0 aromatic carbocycles. The van der Waals surface area contributed by atoms with Crippen molar-refractivity contribution in [1.82, 2.24) is 5.32 Å². The average Bonchev–Trinajstić information content (AvgIpc) is 2.97. The number of hydrogen-bond donors (Lipinski definition) is 1. The molecule has 1 aliphatic heterocycles. The molecule has 0 bridgehead atoms. The molecule has 1 aliphatic rings. The zero-order chi connectivity index (χ0) is 14.5. The van der Waals surface area contributed by atoms with Crippen LogP contribution in [0.2, 0.25) is 0 Å². The van der Waals surface area contributed by atoms with Gasteiger partial charge in [-0.1, -0.05) is 6.92 Å². The highest BCUT2D eigenvalue weighted by molar-refractivity contribution is 4.70. The third-order valence-electron chi connectivity index (χ3n) is 3.83. The third kappa shape index (κ3) is 8.90. The highest BCUT2D eigenvalue weighted by Crippen LogP contribution is 2.18. The lowest BCUT2D eigenvalue weighted by molar-refractivity contribution is 0.0647. The van der Waals surface area contributed by atoms with Gasteiger partial charge in [0.25, 0.3) is 0 Å². The first-order valence-electron chi connectivity index (χ1n) is 8.28. The molecule has 4 heteroatoms. The van der Waals surface area contributed by atoms with Crippen molar-refractivity contribution in [1.29, 1.82) is 0 Å². The standard InChI is InChI=1S/C16H33NO3/c1-3-10-17-15(9-12-19-14-13-18-2)6-4-7-16-8-5-11-20-16/h15-17H,3-14H2,1-2H3. The molecule has 20 heavy (non-hydrogen) atoms. The van der Waals surface area contributed by atoms with Crippen LogP contribution in [0.4, 0.5) is 0 Å². The van der Waals surface area contributed by atoms with Gasteiger partial charge in [0.2, 0.25) is 0 Å². The number of methoxy groups -OCH3 is 1. The molecule has 1 saturated heterocycles. The molecule has 0 aliphatic carbocycles. The monoisotopic (exact) mass is 287 g/mol. The van der Waals surface area contributed by atoms with Crippen LogP contribution in [0.3, 0.4) is 0 Å². The lowest BCUT2D eigenvalue weighted by Crippen LogP contribution is -2.31. The van der Waals surface area contributed by atoms with E-state index in [4.69, 9.17) is 14.2 Å². The van der Waals surface area contributed by atoms with Crippen LogP contribution in [-0.2, 0) is 14.2 Å². The van der Waals surface area contributed by atoms with Gasteiger partial charge in [0, 0.05) is 26.4 Å². The van der Waals surface area contributed by atoms with Crippen LogP contribution in [0.25, 0.3) is 0 Å². The zero-order valence-corrected chi connectivity index (χ0v) is 13.4. The van der Waals surface area contributed by atoms with Crippen molar-refractivity contribution < 1.29 is 14.2 Å². The summed E-state index contributed by atoms with van der Waals surface area (Å²) in [6.07, 6.45) is 9.01. The van der Waals surface area contributed by atoms with Gasteiger partial charge in [0.1, 0.15) is 0 Å². The molecule has 1 rings (SSSR count). The third-order valence-corrected chi connectivity index (χ3v) is 3.83. The van der Waals surface area contributed by atoms with E-state index in [2.05, 4.69) is 12.2 Å². The molecule has 2 unspecified atom stereocenters. The topological polar surface area (TPSA) is 39.7 Å². The quantitative estimate of drug-likeness (QED) is 0.529. The second-order valence-corrected chi connectivity index (χ2v) is 5.61. The van der Waals surface area contributed by atoms with Gasteiger partial charge in [-0.05, 0) is 51.5 Å². The molecule has 0 saturated carbocycles. The minimum atomic E-state index is 0.528. The minimum Gasteiger partial charge on any atom is -0.382 e. The summed E-state index contributed by atoms with van der Waals surface area (Å²) < 4.78 is 16.2. The molecule has 0 radical (unpaired) electrons. The van der Waals surface area contributed by atoms with E-state index in [-0.39, 0.29) is 0 Å². The Labute approximate surface area is 124 Å². The number of rotatable bonds is 13. The first-order valence-corrected chi connectivity index (χ1v) is 8.28. The normalized spacial score (nSPS) is 20.4. The molecule has 0 amide bonds. The van der Waals surface area contributed by atoms with Crippen molar-refractivity contribution in [3.05, 3.63) is 0 Å². The van der Waals surface area contributed by atoms with Crippen LogP contribution in [0.5, 0.6) is 0 Å². The fourth-order valence-electron chi connectivity index (χ4n) is 2.63. The average molecular weight is 287 g/mol. The predicted molar refractivity (Wildman–Crippen MR) is 82.2 cm³/mol. The summed E-state index contributed by atoms with van der Waals surface area (Å²) in [4.78, 5) is 0. The lowest BCUT2D eigenvalue weighted by atomic mass is 10.0. The summed E-state index contributed by atoms with van der Waals surface area (Å²) in [5.41, 5.74) is 0. The van der Waals surface area contributed by atoms with Crippen molar-refractivity contribution in [3.8, 4) is 0 Å². The molecule has 1 N–H and O–H groups in total. The van der Waals surface area contributed by atoms with Gasteiger partial charge in [0.05, 0.1) is 19.3 Å². The van der Waals surface area contributed by atoms with Crippen molar-refractivity contribution in [2.75, 3.05) is 40.1 Å². The van der Waals surface area contributed by atoms with E-state index in [9.17, 15) is 0 Å². The Morgan fingerprint density at radius 3 is 2.85 bits per heavy atom. The maximum atomic E-state index is 5.68. The Kier molecular flexibility index (Phi) is 11.2. The molecule has 1 heterocycles. The SMILES string of the molecule is CCCNC(CCCC1CCCO1)CCOCCOC. The molecular weight excluding hydrogens is 254 g/mol. The van der Waals surface area contributed by atoms with E-state index in [1.807, 2.05) is 0 Å². The van der Waals surface area contributed by atoms with Gasteiger partial charge in [-0.15, -0.1) is 0 Å². The first-order chi connectivity index (χ1) is 9.86. The van der Waals surface area contributed by atoms with Crippen molar-refractivity contribution in [2.45, 2.75) is 64.0 Å². The van der Waals surface area contributed by atoms with Crippen LogP contribution in [0, 0.1) is 0 Å². The lowest BCUT2D eigenvalue weighted by Gasteiger charge is -2.19. The summed E-state index contributed by atoms with van der Waals surface area (Å²) >= 11 is 0. The summed E-state index contributed by atoms with van der Waals surface area (Å²) in [6.45, 7) is 6.49. The zero-order valence-electron chi connectivity index (χ0n) is 13.4. The van der Waals surface area contributed by atoms with E-state index in [1.54, 1.807) is 7.11 Å². The van der Waals surface area contributed by atoms with Crippen molar-refractivity contribution in [3.63, 3.8) is 0 Å². The summed E-state index contributed by atoms with van der Waals surface area (Å²) in [6, 6.07) is 0.582. The predicted octanol–water partition coefficient (Wildman–Crippen LogP) is 2.76. The van der Waals surface area contributed by atoms with Gasteiger partial charge < -0.3 is 19.5 Å². The Hall–Kier alpha value is -0.160. The number of ether oxygens (including phenoxy) is 3. The van der Waals surface area contributed by atoms with Crippen LogP contribution in [0.1, 0.15) is 51.9 Å². The highest BCUT2D eigenvalue weighted by Gasteiger charge is 2.16. The van der Waals surface area contributed by atoms with Crippen LogP contribution >= 0.6 is 0 Å². The van der Waals surface area contributed by atoms with Gasteiger partial charge >= 0.3 is 0 Å². The van der Waals surface area contributed by atoms with E-state index in [0.29, 0.717) is 25.4 Å². The molecule has 2 atom stereocenters. The first kappa shape index (κ1) is 17.9. The Bertz CT molecular complexity index is 208. The van der Waals surface area contributed by atoms with E-state index in [0.717, 1.165) is 26.2 Å². The summed E-state index contributed by atoms with van der Waals surface area (Å²) in [5, 5.41) is 3.63. The molecule has 1 fully saturated rings. The maximum Gasteiger partial charge on any atom is 0.0700 e. The second-order valence-electron chi connectivity index (χ2n) is 5.61. The fourth-order valence-corrected chi connectivity index (χ4v) is 2.63. The second kappa shape index (κ2) is 12.6. The fraction of sp³-hybridized carbons (Fsp3) is 1.00. The molecule has 4 nitrogen and oxygen atoms in total. The van der Waals surface area contributed by atoms with Gasteiger partial charge in [-0.25, -0.2) is 0 Å². The van der Waals surface area contributed by atoms with Gasteiger partial charge in [0.15, 0.2) is 0 Å². The van der Waals surface area contributed by atoms with E-state index < -0.39 is 0 Å². The van der Waals surface area contributed by atoms with Crippen LogP contribution in [0.15, 0.2) is 0 Å². The summed E-state index contributed by atoms with van der Waals surface area (Å²) in [7, 11) is 1.71. The smallest absolute Gasteiger partial charge is 0.0700 e. The Morgan fingerprint density at radius 2 is 2.15 bits per heavy atom. The number of hydrogen-bond acceptors (Lipinski definition) is 4. The van der Waals surface area contributed by atoms with E-state index >= 15 is 0 Å². The Balaban J connectivity index is 2.07. The molecule has 120 valence electrons. The highest BCUT2D eigenvalue weighted by atomic mass is 16.5. The molecule has 0 spiro atoms. The van der Waals surface area contributed by atoms with Crippen molar-refractivity contribution in [2.24, 2.45) is 0 Å². The maximum absolute atomic E-state index is 5.68. The van der Waals surface area contributed by atoms with Crippen LogP contribution in [-0.4, -0.2) is 52.2 Å². The van der Waals surface area contributed by atoms with Crippen LogP contribution < -0.4 is 5.32 Å². The molecule has 0 aromatic rings. The minimum absolute atomic E-state index is 0.528. The Morgan fingerprint density at radius 1 is 1.25 bits per heavy atom. The van der Waals surface area contributed by atoms with Crippen molar-refractivity contribution >= 4 is 0 Å². The molecule has 0 aromatic heterocycles. The largest absolute Gasteiger partial charge is 0.382 e.